The predicted octanol–water partition coefficient (Wildman–Crippen LogP) is 15.6. The van der Waals surface area contributed by atoms with Crippen LogP contribution in [-0.4, -0.2) is 79.3 Å². The molecule has 0 unspecified atom stereocenters. The first-order chi connectivity index (χ1) is 45.3. The van der Waals surface area contributed by atoms with E-state index in [-0.39, 0.29) is 46.5 Å². The quantitative estimate of drug-likeness (QED) is 0.0275. The molecule has 0 atom stereocenters. The number of thiazole rings is 2. The number of rotatable bonds is 19. The molecule has 9 rings (SSSR count). The molecule has 97 heavy (non-hydrogen) atoms. The Bertz CT molecular complexity index is 4370. The second-order valence-electron chi connectivity index (χ2n) is 23.8. The minimum Gasteiger partial charge on any atom is -0.447 e. The monoisotopic (exact) mass is 1400 g/mol. The molecule has 5 amide bonds. The van der Waals surface area contributed by atoms with E-state index in [0.29, 0.717) is 61.0 Å². The summed E-state index contributed by atoms with van der Waals surface area (Å²) >= 11 is 2.59. The number of nitro benzene ring substituents is 1. The van der Waals surface area contributed by atoms with E-state index in [1.807, 2.05) is 72.8 Å². The van der Waals surface area contributed by atoms with Gasteiger partial charge in [-0.1, -0.05) is 80.2 Å². The molecule has 28 heteroatoms. The number of carbonyl (C=O) groups excluding carboxylic acids is 4. The Kier molecular flexibility index (Phi) is 26.8. The van der Waals surface area contributed by atoms with Gasteiger partial charge in [-0.2, -0.15) is 0 Å². The molecule has 0 bridgehead atoms. The zero-order valence-electron chi connectivity index (χ0n) is 54.2. The maximum absolute atomic E-state index is 13.6. The lowest BCUT2D eigenvalue weighted by Crippen LogP contribution is -2.40. The van der Waals surface area contributed by atoms with Crippen LogP contribution in [0.4, 0.5) is 47.6 Å². The molecule has 512 valence electrons. The molecule has 24 nitrogen and oxygen atoms in total. The highest BCUT2D eigenvalue weighted by molar-refractivity contribution is 7.90. The van der Waals surface area contributed by atoms with Crippen molar-refractivity contribution in [2.75, 3.05) is 21.3 Å². The van der Waals surface area contributed by atoms with E-state index in [0.717, 1.165) is 16.7 Å². The third kappa shape index (κ3) is 24.0. The van der Waals surface area contributed by atoms with Crippen LogP contribution in [0.2, 0.25) is 0 Å². The van der Waals surface area contributed by atoms with Gasteiger partial charge in [-0.3, -0.25) is 26.1 Å². The SMILES string of the molecule is C.CC(C)OC(=O)Nc1ccc(-c2ncc(-c3ccc(NC(=O)NCc4ccccc4)cc3S(=O)(=O)NC(C)(C)C)s2)cc1.CC(C)OC(=O)Nc1ccc(-c2ncc(-c3ccc(NC(=O)Oc4ccc([N+](=O)[O-])cc4)cc3S(=O)(=O)NC(C)(C)C)s2)cc1.NCc1ccccc1. The van der Waals surface area contributed by atoms with Crippen molar-refractivity contribution < 1.29 is 55.1 Å². The van der Waals surface area contributed by atoms with E-state index in [1.54, 1.807) is 136 Å². The van der Waals surface area contributed by atoms with Crippen molar-refractivity contribution in [3.8, 4) is 47.8 Å². The summed E-state index contributed by atoms with van der Waals surface area (Å²) in [5.41, 5.74) is 9.71. The van der Waals surface area contributed by atoms with Crippen LogP contribution in [0, 0.1) is 10.1 Å². The summed E-state index contributed by atoms with van der Waals surface area (Å²) < 4.78 is 75.0. The summed E-state index contributed by atoms with van der Waals surface area (Å²) in [7, 11) is -8.07. The number of aromatic nitrogens is 2. The zero-order valence-corrected chi connectivity index (χ0v) is 57.5. The number of non-ortho nitro benzene ring substituents is 1. The number of hydrogen-bond donors (Lipinski definition) is 8. The number of amides is 5. The highest BCUT2D eigenvalue weighted by Gasteiger charge is 2.29. The molecule has 0 saturated heterocycles. The standard InChI is InChI=1S/C31H35N5O5S2.C30H31N5O8S2.C7H9N.CH4/c1-20(2)41-30(38)35-23-13-11-22(12-14-23)28-32-19-26(42-28)25-16-15-24(17-27(25)43(39,40)36-31(3,4)5)34-29(37)33-18-21-9-7-6-8-10-21;1-18(2)42-28(36)32-20-8-6-19(7-9-20)27-31-17-25(44-27)24-15-10-21(16-26(24)45(40,41)34-30(3,4)5)33-29(37)43-23-13-11-22(12-14-23)35(38)39;8-6-7-4-2-1-3-5-7;/h6-17,19-20,36H,18H2,1-5H3,(H,35,38)(H2,33,34,37);6-18,34H,1-5H3,(H,32,36)(H,33,37);1-5H,6,8H2;1H4. The predicted molar refractivity (Wildman–Crippen MR) is 383 cm³/mol. The van der Waals surface area contributed by atoms with Crippen LogP contribution in [-0.2, 0) is 42.6 Å². The molecule has 0 aliphatic rings. The summed E-state index contributed by atoms with van der Waals surface area (Å²) in [6, 6.07) is 47.2. The molecular weight excluding hydrogens is 1320 g/mol. The van der Waals surface area contributed by atoms with Crippen molar-refractivity contribution in [1.29, 1.82) is 0 Å². The van der Waals surface area contributed by atoms with E-state index in [9.17, 15) is 46.1 Å². The van der Waals surface area contributed by atoms with Crippen LogP contribution in [0.25, 0.3) is 42.0 Å². The Labute approximate surface area is 573 Å². The molecule has 9 N–H and O–H groups in total. The minimum absolute atomic E-state index is 0. The van der Waals surface area contributed by atoms with Crippen LogP contribution in [0.1, 0.15) is 87.8 Å². The smallest absolute Gasteiger partial charge is 0.417 e. The van der Waals surface area contributed by atoms with Gasteiger partial charge in [-0.25, -0.2) is 55.4 Å². The van der Waals surface area contributed by atoms with Crippen molar-refractivity contribution in [3.63, 3.8) is 0 Å². The largest absolute Gasteiger partial charge is 0.447 e. The van der Waals surface area contributed by atoms with Crippen molar-refractivity contribution in [3.05, 3.63) is 203 Å². The Hall–Kier alpha value is -9.94. The number of nitro groups is 1. The first-order valence-electron chi connectivity index (χ1n) is 29.8. The van der Waals surface area contributed by atoms with Gasteiger partial charge in [0, 0.05) is 93.7 Å². The second kappa shape index (κ2) is 34.1. The van der Waals surface area contributed by atoms with Gasteiger partial charge in [0.15, 0.2) is 0 Å². The molecule has 7 aromatic carbocycles. The zero-order chi connectivity index (χ0) is 70.0. The summed E-state index contributed by atoms with van der Waals surface area (Å²) in [6.45, 7) is 18.4. The van der Waals surface area contributed by atoms with E-state index in [1.165, 1.54) is 70.7 Å². The van der Waals surface area contributed by atoms with E-state index >= 15 is 0 Å². The average molecular weight is 1400 g/mol. The lowest BCUT2D eigenvalue weighted by atomic mass is 10.1. The van der Waals surface area contributed by atoms with Crippen molar-refractivity contribution >= 4 is 95.5 Å². The molecule has 2 heterocycles. The van der Waals surface area contributed by atoms with Gasteiger partial charge in [0.05, 0.1) is 36.7 Å². The topological polar surface area (TPSA) is 343 Å². The number of carbonyl (C=O) groups is 4. The second-order valence-corrected chi connectivity index (χ2v) is 29.1. The number of sulfonamides is 2. The first kappa shape index (κ1) is 76.1. The third-order valence-corrected chi connectivity index (χ3v) is 18.3. The number of urea groups is 1. The van der Waals surface area contributed by atoms with E-state index in [2.05, 4.69) is 46.0 Å². The van der Waals surface area contributed by atoms with Crippen molar-refractivity contribution in [2.24, 2.45) is 5.73 Å². The van der Waals surface area contributed by atoms with Gasteiger partial charge >= 0.3 is 24.3 Å². The molecule has 0 radical (unpaired) electrons. The first-order valence-corrected chi connectivity index (χ1v) is 34.4. The summed E-state index contributed by atoms with van der Waals surface area (Å²) in [4.78, 5) is 69.3. The number of benzene rings is 7. The van der Waals surface area contributed by atoms with Crippen molar-refractivity contribution in [1.82, 2.24) is 24.7 Å². The fourth-order valence-corrected chi connectivity index (χ4v) is 14.0. The van der Waals surface area contributed by atoms with Gasteiger partial charge < -0.3 is 30.6 Å². The molecule has 0 aliphatic heterocycles. The fraction of sp³-hybridized carbons (Fsp3) is 0.246. The summed E-state index contributed by atoms with van der Waals surface area (Å²) in [6.07, 6.45) is 0.672. The van der Waals surface area contributed by atoms with Crippen LogP contribution in [0.3, 0.4) is 0 Å². The minimum atomic E-state index is -4.09. The van der Waals surface area contributed by atoms with Crippen LogP contribution >= 0.6 is 22.7 Å². The number of nitrogens with zero attached hydrogens (tertiary/aromatic N) is 3. The van der Waals surface area contributed by atoms with Crippen LogP contribution in [0.15, 0.2) is 192 Å². The van der Waals surface area contributed by atoms with Crippen LogP contribution in [0.5, 0.6) is 5.75 Å². The Balaban J connectivity index is 0.000000272. The molecular formula is C69H79N11O13S4. The van der Waals surface area contributed by atoms with E-state index in [4.69, 9.17) is 19.9 Å². The number of nitrogens with one attached hydrogen (secondary N) is 7. The Morgan fingerprint density at radius 1 is 0.536 bits per heavy atom. The Morgan fingerprint density at radius 2 is 0.928 bits per heavy atom. The van der Waals surface area contributed by atoms with Gasteiger partial charge in [0.25, 0.3) is 5.69 Å². The number of hydrogen-bond acceptors (Lipinski definition) is 18. The lowest BCUT2D eigenvalue weighted by Gasteiger charge is -2.22. The highest BCUT2D eigenvalue weighted by Crippen LogP contribution is 2.39. The summed E-state index contributed by atoms with van der Waals surface area (Å²) in [5.74, 6) is 0.0634. The number of anilines is 4. The maximum atomic E-state index is 13.6. The highest BCUT2D eigenvalue weighted by atomic mass is 32.2. The van der Waals surface area contributed by atoms with Gasteiger partial charge in [0.2, 0.25) is 20.0 Å². The normalized spacial score (nSPS) is 11.3. The number of nitrogens with two attached hydrogens (primary N) is 1. The van der Waals surface area contributed by atoms with Gasteiger partial charge in [-0.15, -0.1) is 22.7 Å². The van der Waals surface area contributed by atoms with Crippen molar-refractivity contribution in [2.45, 2.75) is 123 Å². The molecule has 0 saturated carbocycles. The molecule has 0 aliphatic carbocycles. The number of ether oxygens (including phenoxy) is 3. The maximum Gasteiger partial charge on any atom is 0.417 e. The summed E-state index contributed by atoms with van der Waals surface area (Å²) in [5, 5.41) is 25.5. The molecule has 0 spiro atoms. The van der Waals surface area contributed by atoms with Crippen LogP contribution < -0.4 is 46.5 Å². The fourth-order valence-electron chi connectivity index (χ4n) is 8.60. The Morgan fingerprint density at radius 3 is 1.31 bits per heavy atom. The molecule has 2 aromatic heterocycles. The van der Waals surface area contributed by atoms with Gasteiger partial charge in [0.1, 0.15) is 15.8 Å². The molecule has 9 aromatic rings. The molecule has 0 fully saturated rings. The third-order valence-electron chi connectivity index (χ3n) is 12.5. The lowest BCUT2D eigenvalue weighted by molar-refractivity contribution is -0.384. The van der Waals surface area contributed by atoms with E-state index < -0.39 is 60.4 Å². The average Bonchev–Trinajstić information content (AvgIpc) is 1.77. The van der Waals surface area contributed by atoms with Gasteiger partial charge in [-0.05, 0) is 165 Å².